The third-order valence-corrected chi connectivity index (χ3v) is 6.31. The Hall–Kier alpha value is -1.39. The Morgan fingerprint density at radius 3 is 2.33 bits per heavy atom. The van der Waals surface area contributed by atoms with E-state index in [4.69, 9.17) is 4.74 Å². The fourth-order valence-electron chi connectivity index (χ4n) is 4.54. The van der Waals surface area contributed by atoms with Crippen LogP contribution in [0.3, 0.4) is 0 Å². The van der Waals surface area contributed by atoms with Crippen LogP contribution in [0.1, 0.15) is 49.7 Å². The zero-order chi connectivity index (χ0) is 19.1. The smallest absolute Gasteiger partial charge is 0.225 e. The van der Waals surface area contributed by atoms with Gasteiger partial charge in [-0.3, -0.25) is 9.69 Å². The molecule has 3 rings (SSSR count). The molecule has 0 bridgehead atoms. The maximum atomic E-state index is 12.6. The predicted molar refractivity (Wildman–Crippen MR) is 110 cm³/mol. The zero-order valence-corrected chi connectivity index (χ0v) is 17.2. The molecule has 1 amide bonds. The zero-order valence-electron chi connectivity index (χ0n) is 17.2. The highest BCUT2D eigenvalue weighted by Crippen LogP contribution is 2.29. The van der Waals surface area contributed by atoms with Gasteiger partial charge in [-0.1, -0.05) is 37.1 Å². The molecule has 0 radical (unpaired) electrons. The second-order valence-electron chi connectivity index (χ2n) is 8.50. The molecule has 1 aliphatic carbocycles. The van der Waals surface area contributed by atoms with E-state index < -0.39 is 0 Å². The number of carbonyl (C=O) groups excluding carboxylic acids is 1. The summed E-state index contributed by atoms with van der Waals surface area (Å²) in [5.41, 5.74) is 2.79. The summed E-state index contributed by atoms with van der Waals surface area (Å²) in [5.74, 6) is 1.48. The lowest BCUT2D eigenvalue weighted by Crippen LogP contribution is -2.41. The third-order valence-electron chi connectivity index (χ3n) is 6.31. The van der Waals surface area contributed by atoms with Gasteiger partial charge >= 0.3 is 0 Å². The molecule has 1 aliphatic heterocycles. The van der Waals surface area contributed by atoms with Crippen LogP contribution in [0.25, 0.3) is 0 Å². The molecule has 0 N–H and O–H groups in total. The second kappa shape index (κ2) is 10.2. The molecule has 27 heavy (non-hydrogen) atoms. The summed E-state index contributed by atoms with van der Waals surface area (Å²) in [6.45, 7) is 4.61. The standard InChI is InChI=1S/C23H36N2O2/c1-24(15-16-27-2)18-21-9-7-19(8-10-21)17-20-11-13-25(14-12-20)23(26)22-5-3-4-6-22/h7-10,20,22H,3-6,11-18H2,1-2H3. The molecular weight excluding hydrogens is 336 g/mol. The number of likely N-dealkylation sites (tertiary alicyclic amines) is 1. The van der Waals surface area contributed by atoms with Gasteiger partial charge in [0.15, 0.2) is 0 Å². The summed E-state index contributed by atoms with van der Waals surface area (Å²) < 4.78 is 5.14. The normalized spacial score (nSPS) is 19.1. The van der Waals surface area contributed by atoms with Crippen molar-refractivity contribution in [3.8, 4) is 0 Å². The van der Waals surface area contributed by atoms with Gasteiger partial charge in [0.05, 0.1) is 6.61 Å². The molecule has 0 aromatic heterocycles. The highest BCUT2D eigenvalue weighted by molar-refractivity contribution is 5.79. The molecule has 0 unspecified atom stereocenters. The Morgan fingerprint density at radius 1 is 1.07 bits per heavy atom. The van der Waals surface area contributed by atoms with Crippen molar-refractivity contribution in [2.45, 2.75) is 51.5 Å². The topological polar surface area (TPSA) is 32.8 Å². The van der Waals surface area contributed by atoms with E-state index in [2.05, 4.69) is 41.1 Å². The van der Waals surface area contributed by atoms with Gasteiger partial charge < -0.3 is 9.64 Å². The Balaban J connectivity index is 1.41. The fraction of sp³-hybridized carbons (Fsp3) is 0.696. The number of carbonyl (C=O) groups is 1. The maximum Gasteiger partial charge on any atom is 0.225 e. The molecule has 2 aliphatic rings. The number of ether oxygens (including phenoxy) is 1. The SMILES string of the molecule is COCCN(C)Cc1ccc(CC2CCN(C(=O)C3CCCC3)CC2)cc1. The number of amides is 1. The van der Waals surface area contributed by atoms with Crippen molar-refractivity contribution in [3.63, 3.8) is 0 Å². The van der Waals surface area contributed by atoms with Crippen LogP contribution < -0.4 is 0 Å². The number of methoxy groups -OCH3 is 1. The molecule has 0 atom stereocenters. The minimum Gasteiger partial charge on any atom is -0.383 e. The number of piperidine rings is 1. The lowest BCUT2D eigenvalue weighted by molar-refractivity contribution is -0.136. The first-order chi connectivity index (χ1) is 13.2. The van der Waals surface area contributed by atoms with E-state index in [1.165, 1.54) is 24.0 Å². The quantitative estimate of drug-likeness (QED) is 0.697. The van der Waals surface area contributed by atoms with E-state index in [1.54, 1.807) is 7.11 Å². The Morgan fingerprint density at radius 2 is 1.70 bits per heavy atom. The number of benzene rings is 1. The van der Waals surface area contributed by atoms with Crippen LogP contribution in [0, 0.1) is 11.8 Å². The van der Waals surface area contributed by atoms with E-state index in [0.29, 0.717) is 17.7 Å². The number of hydrogen-bond acceptors (Lipinski definition) is 3. The van der Waals surface area contributed by atoms with Gasteiger partial charge in [-0.2, -0.15) is 0 Å². The Bertz CT molecular complexity index is 573. The van der Waals surface area contributed by atoms with E-state index in [1.807, 2.05) is 0 Å². The first-order valence-corrected chi connectivity index (χ1v) is 10.7. The van der Waals surface area contributed by atoms with Crippen LogP contribution in [0.4, 0.5) is 0 Å². The molecule has 2 fully saturated rings. The number of hydrogen-bond donors (Lipinski definition) is 0. The van der Waals surface area contributed by atoms with E-state index in [9.17, 15) is 4.79 Å². The lowest BCUT2D eigenvalue weighted by atomic mass is 9.89. The molecule has 4 nitrogen and oxygen atoms in total. The maximum absolute atomic E-state index is 12.6. The fourth-order valence-corrected chi connectivity index (χ4v) is 4.54. The highest BCUT2D eigenvalue weighted by atomic mass is 16.5. The highest BCUT2D eigenvalue weighted by Gasteiger charge is 2.29. The van der Waals surface area contributed by atoms with Crippen molar-refractivity contribution in [1.82, 2.24) is 9.80 Å². The molecule has 1 aromatic rings. The summed E-state index contributed by atoms with van der Waals surface area (Å²) in [6, 6.07) is 9.10. The molecule has 1 saturated heterocycles. The van der Waals surface area contributed by atoms with Crippen molar-refractivity contribution in [2.24, 2.45) is 11.8 Å². The van der Waals surface area contributed by atoms with Crippen LogP contribution in [0.15, 0.2) is 24.3 Å². The van der Waals surface area contributed by atoms with E-state index >= 15 is 0 Å². The van der Waals surface area contributed by atoms with Crippen molar-refractivity contribution in [2.75, 3.05) is 40.4 Å². The van der Waals surface area contributed by atoms with Crippen molar-refractivity contribution in [1.29, 1.82) is 0 Å². The van der Waals surface area contributed by atoms with Gasteiger partial charge in [0, 0.05) is 39.2 Å². The summed E-state index contributed by atoms with van der Waals surface area (Å²) in [7, 11) is 3.88. The molecule has 1 aromatic carbocycles. The van der Waals surface area contributed by atoms with Gasteiger partial charge in [-0.05, 0) is 56.2 Å². The largest absolute Gasteiger partial charge is 0.383 e. The van der Waals surface area contributed by atoms with Crippen molar-refractivity contribution >= 4 is 5.91 Å². The summed E-state index contributed by atoms with van der Waals surface area (Å²) >= 11 is 0. The first-order valence-electron chi connectivity index (χ1n) is 10.7. The van der Waals surface area contributed by atoms with Crippen LogP contribution in [0.2, 0.25) is 0 Å². The molecule has 4 heteroatoms. The Kier molecular flexibility index (Phi) is 7.71. The van der Waals surface area contributed by atoms with Crippen LogP contribution in [-0.2, 0) is 22.5 Å². The van der Waals surface area contributed by atoms with Gasteiger partial charge in [-0.25, -0.2) is 0 Å². The van der Waals surface area contributed by atoms with Gasteiger partial charge in [0.25, 0.3) is 0 Å². The predicted octanol–water partition coefficient (Wildman–Crippen LogP) is 3.74. The van der Waals surface area contributed by atoms with Crippen LogP contribution in [-0.4, -0.2) is 56.1 Å². The summed E-state index contributed by atoms with van der Waals surface area (Å²) in [4.78, 5) is 17.0. The van der Waals surface area contributed by atoms with Crippen molar-refractivity contribution < 1.29 is 9.53 Å². The molecular formula is C23H36N2O2. The number of likely N-dealkylation sites (N-methyl/N-ethyl adjacent to an activating group) is 1. The average Bonchev–Trinajstić information content (AvgIpc) is 3.23. The van der Waals surface area contributed by atoms with Gasteiger partial charge in [-0.15, -0.1) is 0 Å². The third kappa shape index (κ3) is 6.05. The monoisotopic (exact) mass is 372 g/mol. The minimum atomic E-state index is 0.330. The molecule has 0 spiro atoms. The van der Waals surface area contributed by atoms with Gasteiger partial charge in [0.2, 0.25) is 5.91 Å². The van der Waals surface area contributed by atoms with Crippen LogP contribution >= 0.6 is 0 Å². The number of rotatable bonds is 8. The van der Waals surface area contributed by atoms with Gasteiger partial charge in [0.1, 0.15) is 0 Å². The molecule has 1 saturated carbocycles. The summed E-state index contributed by atoms with van der Waals surface area (Å²) in [6.07, 6.45) is 8.17. The molecule has 1 heterocycles. The molecule has 150 valence electrons. The first kappa shape index (κ1) is 20.3. The van der Waals surface area contributed by atoms with E-state index in [-0.39, 0.29) is 0 Å². The second-order valence-corrected chi connectivity index (χ2v) is 8.50. The minimum absolute atomic E-state index is 0.330. The van der Waals surface area contributed by atoms with Crippen LogP contribution in [0.5, 0.6) is 0 Å². The number of nitrogens with zero attached hydrogens (tertiary/aromatic N) is 2. The average molecular weight is 373 g/mol. The van der Waals surface area contributed by atoms with E-state index in [0.717, 1.165) is 64.9 Å². The Labute approximate surface area is 164 Å². The van der Waals surface area contributed by atoms with Crippen molar-refractivity contribution in [3.05, 3.63) is 35.4 Å². The lowest BCUT2D eigenvalue weighted by Gasteiger charge is -2.33. The summed E-state index contributed by atoms with van der Waals surface area (Å²) in [5, 5.41) is 0.